The molecule has 0 saturated heterocycles. The Kier molecular flexibility index (Phi) is 3.99. The first-order valence-electron chi connectivity index (χ1n) is 6.22. The number of benzene rings is 1. The fourth-order valence-electron chi connectivity index (χ4n) is 1.89. The van der Waals surface area contributed by atoms with E-state index >= 15 is 0 Å². The molecule has 0 bridgehead atoms. The Morgan fingerprint density at radius 3 is 2.89 bits per heavy atom. The number of aromatic nitrogens is 1. The molecule has 1 heterocycles. The minimum atomic E-state index is -0.00000785. The predicted molar refractivity (Wildman–Crippen MR) is 73.0 cm³/mol. The highest BCUT2D eigenvalue weighted by Crippen LogP contribution is 2.18. The van der Waals surface area contributed by atoms with Gasteiger partial charge < -0.3 is 15.0 Å². The van der Waals surface area contributed by atoms with E-state index in [1.54, 1.807) is 10.8 Å². The Morgan fingerprint density at radius 2 is 2.17 bits per heavy atom. The van der Waals surface area contributed by atoms with Crippen molar-refractivity contribution in [2.24, 2.45) is 5.73 Å². The lowest BCUT2D eigenvalue weighted by molar-refractivity contribution is 0.318. The van der Waals surface area contributed by atoms with Crippen LogP contribution in [0.2, 0.25) is 0 Å². The average Bonchev–Trinajstić information content (AvgIpc) is 2.40. The summed E-state index contributed by atoms with van der Waals surface area (Å²) in [4.78, 5) is 12.1. The van der Waals surface area contributed by atoms with Crippen molar-refractivity contribution in [2.75, 3.05) is 13.2 Å². The van der Waals surface area contributed by atoms with E-state index < -0.39 is 0 Å². The first-order chi connectivity index (χ1) is 8.76. The SMILES string of the molecule is CCCOc1ccc2c(=O)n(CCN)ccc2c1. The number of rotatable bonds is 5. The van der Waals surface area contributed by atoms with Crippen LogP contribution >= 0.6 is 0 Å². The Labute approximate surface area is 106 Å². The van der Waals surface area contributed by atoms with Crippen LogP contribution in [0.4, 0.5) is 0 Å². The van der Waals surface area contributed by atoms with Gasteiger partial charge in [-0.3, -0.25) is 4.79 Å². The Balaban J connectivity index is 2.41. The largest absolute Gasteiger partial charge is 0.494 e. The van der Waals surface area contributed by atoms with Crippen molar-refractivity contribution in [2.45, 2.75) is 19.9 Å². The van der Waals surface area contributed by atoms with Crippen molar-refractivity contribution in [3.8, 4) is 5.75 Å². The van der Waals surface area contributed by atoms with E-state index in [0.717, 1.165) is 17.6 Å². The van der Waals surface area contributed by atoms with Gasteiger partial charge in [0.15, 0.2) is 0 Å². The zero-order valence-electron chi connectivity index (χ0n) is 10.6. The fraction of sp³-hybridized carbons (Fsp3) is 0.357. The molecule has 2 N–H and O–H groups in total. The van der Waals surface area contributed by atoms with Crippen LogP contribution in [-0.2, 0) is 6.54 Å². The molecule has 0 spiro atoms. The van der Waals surface area contributed by atoms with Gasteiger partial charge in [-0.15, -0.1) is 0 Å². The maximum absolute atomic E-state index is 12.1. The highest BCUT2D eigenvalue weighted by Gasteiger charge is 2.03. The summed E-state index contributed by atoms with van der Waals surface area (Å²) < 4.78 is 7.19. The van der Waals surface area contributed by atoms with Crippen LogP contribution in [0.1, 0.15) is 13.3 Å². The number of hydrogen-bond donors (Lipinski definition) is 1. The number of nitrogens with zero attached hydrogens (tertiary/aromatic N) is 1. The zero-order valence-corrected chi connectivity index (χ0v) is 10.6. The number of fused-ring (bicyclic) bond motifs is 1. The van der Waals surface area contributed by atoms with E-state index in [9.17, 15) is 4.79 Å². The summed E-state index contributed by atoms with van der Waals surface area (Å²) >= 11 is 0. The van der Waals surface area contributed by atoms with Crippen molar-refractivity contribution in [1.82, 2.24) is 4.57 Å². The highest BCUT2D eigenvalue weighted by atomic mass is 16.5. The second kappa shape index (κ2) is 5.69. The molecule has 4 nitrogen and oxygen atoms in total. The molecular formula is C14H18N2O2. The van der Waals surface area contributed by atoms with Gasteiger partial charge in [0, 0.05) is 24.7 Å². The van der Waals surface area contributed by atoms with Crippen molar-refractivity contribution in [3.05, 3.63) is 40.8 Å². The Hall–Kier alpha value is -1.81. The molecule has 0 radical (unpaired) electrons. The second-order valence-corrected chi connectivity index (χ2v) is 4.20. The summed E-state index contributed by atoms with van der Waals surface area (Å²) in [6.07, 6.45) is 2.75. The maximum Gasteiger partial charge on any atom is 0.258 e. The minimum absolute atomic E-state index is 0.00000785. The molecule has 2 aromatic rings. The van der Waals surface area contributed by atoms with Crippen LogP contribution in [0, 0.1) is 0 Å². The van der Waals surface area contributed by atoms with Gasteiger partial charge in [-0.05, 0) is 36.1 Å². The summed E-state index contributed by atoms with van der Waals surface area (Å²) in [5, 5.41) is 1.61. The van der Waals surface area contributed by atoms with Crippen LogP contribution in [0.3, 0.4) is 0 Å². The van der Waals surface area contributed by atoms with Crippen molar-refractivity contribution >= 4 is 10.8 Å². The van der Waals surface area contributed by atoms with Crippen LogP contribution in [-0.4, -0.2) is 17.7 Å². The molecule has 0 aliphatic heterocycles. The second-order valence-electron chi connectivity index (χ2n) is 4.20. The molecule has 18 heavy (non-hydrogen) atoms. The summed E-state index contributed by atoms with van der Waals surface area (Å²) in [5.41, 5.74) is 5.47. The van der Waals surface area contributed by atoms with E-state index in [4.69, 9.17) is 10.5 Å². The summed E-state index contributed by atoms with van der Waals surface area (Å²) in [6, 6.07) is 7.48. The van der Waals surface area contributed by atoms with E-state index in [1.165, 1.54) is 0 Å². The molecule has 0 saturated carbocycles. The average molecular weight is 246 g/mol. The lowest BCUT2D eigenvalue weighted by Gasteiger charge is -2.08. The van der Waals surface area contributed by atoms with Gasteiger partial charge in [0.25, 0.3) is 5.56 Å². The topological polar surface area (TPSA) is 57.2 Å². The lowest BCUT2D eigenvalue weighted by Crippen LogP contribution is -2.23. The van der Waals surface area contributed by atoms with Crippen LogP contribution in [0.5, 0.6) is 5.75 Å². The third-order valence-electron chi connectivity index (χ3n) is 2.79. The molecule has 1 aromatic carbocycles. The van der Waals surface area contributed by atoms with Gasteiger partial charge >= 0.3 is 0 Å². The smallest absolute Gasteiger partial charge is 0.258 e. The molecular weight excluding hydrogens is 228 g/mol. The molecule has 0 atom stereocenters. The summed E-state index contributed by atoms with van der Waals surface area (Å²) in [7, 11) is 0. The molecule has 0 fully saturated rings. The molecule has 4 heteroatoms. The minimum Gasteiger partial charge on any atom is -0.494 e. The first kappa shape index (κ1) is 12.6. The van der Waals surface area contributed by atoms with Gasteiger partial charge in [-0.25, -0.2) is 0 Å². The molecule has 0 aliphatic carbocycles. The molecule has 0 unspecified atom stereocenters. The third kappa shape index (κ3) is 2.54. The molecule has 96 valence electrons. The van der Waals surface area contributed by atoms with Crippen molar-refractivity contribution in [3.63, 3.8) is 0 Å². The van der Waals surface area contributed by atoms with Crippen LogP contribution in [0.15, 0.2) is 35.3 Å². The van der Waals surface area contributed by atoms with Gasteiger partial charge in [-0.2, -0.15) is 0 Å². The Bertz CT molecular complexity index is 590. The van der Waals surface area contributed by atoms with Gasteiger partial charge in [0.2, 0.25) is 0 Å². The number of ether oxygens (including phenoxy) is 1. The molecule has 0 amide bonds. The fourth-order valence-corrected chi connectivity index (χ4v) is 1.89. The van der Waals surface area contributed by atoms with Crippen molar-refractivity contribution in [1.29, 1.82) is 0 Å². The van der Waals surface area contributed by atoms with Crippen LogP contribution < -0.4 is 16.0 Å². The zero-order chi connectivity index (χ0) is 13.0. The number of nitrogens with two attached hydrogens (primary N) is 1. The highest BCUT2D eigenvalue weighted by molar-refractivity contribution is 5.82. The lowest BCUT2D eigenvalue weighted by atomic mass is 10.1. The quantitative estimate of drug-likeness (QED) is 0.874. The van der Waals surface area contributed by atoms with E-state index in [1.807, 2.05) is 24.3 Å². The monoisotopic (exact) mass is 246 g/mol. The van der Waals surface area contributed by atoms with Gasteiger partial charge in [0.05, 0.1) is 6.61 Å². The van der Waals surface area contributed by atoms with Crippen molar-refractivity contribution < 1.29 is 4.74 Å². The van der Waals surface area contributed by atoms with E-state index in [-0.39, 0.29) is 5.56 Å². The number of pyridine rings is 1. The molecule has 2 rings (SSSR count). The van der Waals surface area contributed by atoms with E-state index in [0.29, 0.717) is 25.1 Å². The normalized spacial score (nSPS) is 10.8. The Morgan fingerprint density at radius 1 is 1.33 bits per heavy atom. The standard InChI is InChI=1S/C14H18N2O2/c1-2-9-18-12-3-4-13-11(10-12)5-7-16(8-6-15)14(13)17/h3-5,7,10H,2,6,8-9,15H2,1H3. The number of hydrogen-bond acceptors (Lipinski definition) is 3. The molecule has 0 aliphatic rings. The van der Waals surface area contributed by atoms with Crippen LogP contribution in [0.25, 0.3) is 10.8 Å². The predicted octanol–water partition coefficient (Wildman–Crippen LogP) is 1.75. The molecule has 1 aromatic heterocycles. The summed E-state index contributed by atoms with van der Waals surface area (Å²) in [6.45, 7) is 3.76. The third-order valence-corrected chi connectivity index (χ3v) is 2.79. The maximum atomic E-state index is 12.1. The first-order valence-corrected chi connectivity index (χ1v) is 6.22. The summed E-state index contributed by atoms with van der Waals surface area (Å²) in [5.74, 6) is 0.806. The van der Waals surface area contributed by atoms with E-state index in [2.05, 4.69) is 6.92 Å². The van der Waals surface area contributed by atoms with Gasteiger partial charge in [0.1, 0.15) is 5.75 Å². The van der Waals surface area contributed by atoms with Gasteiger partial charge in [-0.1, -0.05) is 6.92 Å².